The van der Waals surface area contributed by atoms with E-state index in [1.165, 1.54) is 25.7 Å². The molecule has 2 aliphatic rings. The minimum absolute atomic E-state index is 0.0912. The molecular formula is C16H30O. The van der Waals surface area contributed by atoms with Crippen LogP contribution in [0.25, 0.3) is 0 Å². The Hall–Kier alpha value is -0.0400. The summed E-state index contributed by atoms with van der Waals surface area (Å²) in [6.45, 7) is 11.9. The normalized spacial score (nSPS) is 49.8. The summed E-state index contributed by atoms with van der Waals surface area (Å²) in [6.07, 6.45) is 6.12. The van der Waals surface area contributed by atoms with Crippen molar-refractivity contribution in [2.45, 2.75) is 72.8 Å². The summed E-state index contributed by atoms with van der Waals surface area (Å²) in [7, 11) is 0. The molecule has 0 amide bonds. The number of aliphatic hydroxyl groups excluding tert-OH is 1. The number of fused-ring (bicyclic) bond motifs is 1. The minimum Gasteiger partial charge on any atom is -0.393 e. The van der Waals surface area contributed by atoms with E-state index in [0.717, 1.165) is 18.3 Å². The molecule has 2 aliphatic carbocycles. The number of aliphatic hydroxyl groups is 1. The van der Waals surface area contributed by atoms with Gasteiger partial charge >= 0.3 is 0 Å². The van der Waals surface area contributed by atoms with Crippen LogP contribution in [0, 0.1) is 28.6 Å². The van der Waals surface area contributed by atoms with Gasteiger partial charge in [0, 0.05) is 0 Å². The lowest BCUT2D eigenvalue weighted by molar-refractivity contribution is -0.148. The van der Waals surface area contributed by atoms with Crippen LogP contribution in [-0.2, 0) is 0 Å². The summed E-state index contributed by atoms with van der Waals surface area (Å²) in [5.74, 6) is 2.43. The first-order valence-electron chi connectivity index (χ1n) is 7.52. The van der Waals surface area contributed by atoms with E-state index in [1.54, 1.807) is 0 Å². The third-order valence-electron chi connectivity index (χ3n) is 6.39. The molecule has 0 radical (unpaired) electrons. The third-order valence-corrected chi connectivity index (χ3v) is 6.39. The number of rotatable bonds is 1. The molecule has 2 saturated carbocycles. The second-order valence-corrected chi connectivity index (χ2v) is 7.50. The van der Waals surface area contributed by atoms with Crippen LogP contribution in [0.3, 0.4) is 0 Å². The summed E-state index contributed by atoms with van der Waals surface area (Å²) in [5, 5.41) is 10.3. The molecule has 0 aliphatic heterocycles. The molecule has 2 rings (SSSR count). The van der Waals surface area contributed by atoms with Gasteiger partial charge in [-0.2, -0.15) is 0 Å². The van der Waals surface area contributed by atoms with Crippen molar-refractivity contribution in [1.82, 2.24) is 0 Å². The summed E-state index contributed by atoms with van der Waals surface area (Å²) in [6, 6.07) is 0. The van der Waals surface area contributed by atoms with Crippen LogP contribution in [0.15, 0.2) is 0 Å². The minimum atomic E-state index is -0.0912. The SMILES string of the molecule is CCC1C(C)CCC2C(C)(C)C(O)CCC12C. The van der Waals surface area contributed by atoms with Crippen LogP contribution in [0.1, 0.15) is 66.7 Å². The average Bonchev–Trinajstić information content (AvgIpc) is 2.24. The van der Waals surface area contributed by atoms with E-state index < -0.39 is 0 Å². The molecule has 0 aromatic carbocycles. The summed E-state index contributed by atoms with van der Waals surface area (Å²) in [4.78, 5) is 0. The van der Waals surface area contributed by atoms with E-state index in [9.17, 15) is 5.11 Å². The monoisotopic (exact) mass is 238 g/mol. The van der Waals surface area contributed by atoms with Crippen molar-refractivity contribution in [1.29, 1.82) is 0 Å². The maximum atomic E-state index is 10.3. The molecule has 0 heterocycles. The smallest absolute Gasteiger partial charge is 0.0594 e. The lowest BCUT2D eigenvalue weighted by Gasteiger charge is -2.60. The summed E-state index contributed by atoms with van der Waals surface area (Å²) in [5.41, 5.74) is 0.579. The second-order valence-electron chi connectivity index (χ2n) is 7.50. The summed E-state index contributed by atoms with van der Waals surface area (Å²) >= 11 is 0. The van der Waals surface area contributed by atoms with Gasteiger partial charge in [-0.25, -0.2) is 0 Å². The van der Waals surface area contributed by atoms with Gasteiger partial charge in [0.1, 0.15) is 0 Å². The zero-order valence-corrected chi connectivity index (χ0v) is 12.3. The van der Waals surface area contributed by atoms with Gasteiger partial charge in [0.15, 0.2) is 0 Å². The van der Waals surface area contributed by atoms with Crippen LogP contribution in [0.5, 0.6) is 0 Å². The largest absolute Gasteiger partial charge is 0.393 e. The maximum Gasteiger partial charge on any atom is 0.0594 e. The fraction of sp³-hybridized carbons (Fsp3) is 1.00. The predicted octanol–water partition coefficient (Wildman–Crippen LogP) is 4.25. The molecule has 1 heteroatoms. The molecule has 0 saturated heterocycles. The Morgan fingerprint density at radius 3 is 2.35 bits per heavy atom. The fourth-order valence-corrected chi connectivity index (χ4v) is 5.37. The maximum absolute atomic E-state index is 10.3. The van der Waals surface area contributed by atoms with Gasteiger partial charge in [-0.15, -0.1) is 0 Å². The second kappa shape index (κ2) is 4.26. The zero-order chi connectivity index (χ0) is 12.8. The van der Waals surface area contributed by atoms with Crippen LogP contribution >= 0.6 is 0 Å². The van der Waals surface area contributed by atoms with Crippen LogP contribution < -0.4 is 0 Å². The lowest BCUT2D eigenvalue weighted by atomic mass is 9.45. The van der Waals surface area contributed by atoms with Crippen LogP contribution in [-0.4, -0.2) is 11.2 Å². The number of hydrogen-bond donors (Lipinski definition) is 1. The highest BCUT2D eigenvalue weighted by molar-refractivity contribution is 5.05. The van der Waals surface area contributed by atoms with E-state index in [-0.39, 0.29) is 11.5 Å². The number of hydrogen-bond acceptors (Lipinski definition) is 1. The Morgan fingerprint density at radius 1 is 1.12 bits per heavy atom. The molecule has 5 unspecified atom stereocenters. The zero-order valence-electron chi connectivity index (χ0n) is 12.3. The highest BCUT2D eigenvalue weighted by atomic mass is 16.3. The van der Waals surface area contributed by atoms with E-state index in [0.29, 0.717) is 11.3 Å². The Balaban J connectivity index is 2.34. The molecule has 17 heavy (non-hydrogen) atoms. The highest BCUT2D eigenvalue weighted by Gasteiger charge is 2.55. The van der Waals surface area contributed by atoms with Crippen molar-refractivity contribution in [2.75, 3.05) is 0 Å². The molecule has 0 spiro atoms. The standard InChI is InChI=1S/C16H30O/c1-6-12-11(2)7-8-13-15(3,4)14(17)9-10-16(12,13)5/h11-14,17H,6-10H2,1-5H3. The molecular weight excluding hydrogens is 208 g/mol. The average molecular weight is 238 g/mol. The van der Waals surface area contributed by atoms with Crippen molar-refractivity contribution < 1.29 is 5.11 Å². The van der Waals surface area contributed by atoms with E-state index >= 15 is 0 Å². The summed E-state index contributed by atoms with van der Waals surface area (Å²) < 4.78 is 0. The molecule has 0 aromatic heterocycles. The quantitative estimate of drug-likeness (QED) is 0.724. The van der Waals surface area contributed by atoms with E-state index in [4.69, 9.17) is 0 Å². The van der Waals surface area contributed by atoms with Gasteiger partial charge < -0.3 is 5.11 Å². The van der Waals surface area contributed by atoms with Gasteiger partial charge in [0.05, 0.1) is 6.10 Å². The molecule has 0 bridgehead atoms. The van der Waals surface area contributed by atoms with Gasteiger partial charge in [0.2, 0.25) is 0 Å². The topological polar surface area (TPSA) is 20.2 Å². The first-order chi connectivity index (χ1) is 7.84. The molecule has 1 N–H and O–H groups in total. The van der Waals surface area contributed by atoms with Gasteiger partial charge in [-0.1, -0.05) is 47.5 Å². The fourth-order valence-electron chi connectivity index (χ4n) is 5.37. The third kappa shape index (κ3) is 1.85. The van der Waals surface area contributed by atoms with E-state index in [1.807, 2.05) is 0 Å². The van der Waals surface area contributed by atoms with Crippen molar-refractivity contribution in [3.8, 4) is 0 Å². The van der Waals surface area contributed by atoms with E-state index in [2.05, 4.69) is 34.6 Å². The van der Waals surface area contributed by atoms with Gasteiger partial charge in [0.25, 0.3) is 0 Å². The molecule has 2 fully saturated rings. The van der Waals surface area contributed by atoms with Gasteiger partial charge in [-0.3, -0.25) is 0 Å². The molecule has 100 valence electrons. The molecule has 5 atom stereocenters. The first kappa shape index (κ1) is 13.4. The molecule has 0 aromatic rings. The van der Waals surface area contributed by atoms with Crippen molar-refractivity contribution in [3.05, 3.63) is 0 Å². The predicted molar refractivity (Wildman–Crippen MR) is 72.8 cm³/mol. The Kier molecular flexibility index (Phi) is 3.36. The van der Waals surface area contributed by atoms with Gasteiger partial charge in [-0.05, 0) is 47.8 Å². The van der Waals surface area contributed by atoms with Crippen LogP contribution in [0.4, 0.5) is 0 Å². The highest BCUT2D eigenvalue weighted by Crippen LogP contribution is 2.61. The Bertz CT molecular complexity index is 283. The first-order valence-corrected chi connectivity index (χ1v) is 7.52. The Morgan fingerprint density at radius 2 is 1.76 bits per heavy atom. The van der Waals surface area contributed by atoms with Crippen LogP contribution in [0.2, 0.25) is 0 Å². The van der Waals surface area contributed by atoms with Crippen molar-refractivity contribution in [3.63, 3.8) is 0 Å². The lowest BCUT2D eigenvalue weighted by Crippen LogP contribution is -2.55. The Labute approximate surface area is 107 Å². The van der Waals surface area contributed by atoms with Crippen molar-refractivity contribution >= 4 is 0 Å². The van der Waals surface area contributed by atoms with Crippen molar-refractivity contribution in [2.24, 2.45) is 28.6 Å². The molecule has 1 nitrogen and oxygen atoms in total.